The van der Waals surface area contributed by atoms with Crippen LogP contribution in [0.5, 0.6) is 5.75 Å². The third-order valence-electron chi connectivity index (χ3n) is 3.40. The Hall–Kier alpha value is -1.25. The van der Waals surface area contributed by atoms with E-state index >= 15 is 0 Å². The van der Waals surface area contributed by atoms with Crippen LogP contribution in [0, 0.1) is 0 Å². The van der Waals surface area contributed by atoms with Gasteiger partial charge in [-0.05, 0) is 12.1 Å². The fourth-order valence-corrected chi connectivity index (χ4v) is 3.39. The van der Waals surface area contributed by atoms with E-state index in [1.54, 1.807) is 7.11 Å². The number of hydrogen-bond acceptors (Lipinski definition) is 7. The maximum atomic E-state index is 10.0. The molecule has 20 heavy (non-hydrogen) atoms. The maximum Gasteiger partial charge on any atom is 0.145 e. The third kappa shape index (κ3) is 2.07. The van der Waals surface area contributed by atoms with E-state index in [4.69, 9.17) is 14.6 Å². The number of rotatable bonds is 3. The van der Waals surface area contributed by atoms with Crippen LogP contribution in [-0.2, 0) is 4.74 Å². The summed E-state index contributed by atoms with van der Waals surface area (Å²) >= 11 is 1.37. The van der Waals surface area contributed by atoms with E-state index < -0.39 is 24.4 Å². The molecule has 2 aromatic rings. The lowest BCUT2D eigenvalue weighted by Gasteiger charge is -2.11. The molecule has 0 unspecified atom stereocenters. The molecule has 0 radical (unpaired) electrons. The van der Waals surface area contributed by atoms with Crippen LogP contribution in [0.1, 0.15) is 11.1 Å². The van der Waals surface area contributed by atoms with Crippen molar-refractivity contribution in [2.75, 3.05) is 13.7 Å². The molecule has 1 aromatic carbocycles. The second kappa shape index (κ2) is 5.27. The van der Waals surface area contributed by atoms with Crippen LogP contribution in [-0.4, -0.2) is 52.3 Å². The van der Waals surface area contributed by atoms with Crippen LogP contribution in [0.3, 0.4) is 0 Å². The lowest BCUT2D eigenvalue weighted by atomic mass is 10.1. The van der Waals surface area contributed by atoms with Gasteiger partial charge in [0.05, 0.1) is 18.4 Å². The summed E-state index contributed by atoms with van der Waals surface area (Å²) in [6.07, 6.45) is -3.73. The number of aromatic nitrogens is 1. The molecule has 3 N–H and O–H groups in total. The highest BCUT2D eigenvalue weighted by Gasteiger charge is 2.44. The molecule has 108 valence electrons. The highest BCUT2D eigenvalue weighted by atomic mass is 32.1. The zero-order chi connectivity index (χ0) is 14.3. The van der Waals surface area contributed by atoms with Crippen molar-refractivity contribution in [1.82, 2.24) is 4.98 Å². The van der Waals surface area contributed by atoms with Gasteiger partial charge in [-0.1, -0.05) is 6.07 Å². The molecule has 0 bridgehead atoms. The van der Waals surface area contributed by atoms with E-state index in [1.165, 1.54) is 11.3 Å². The molecule has 6 nitrogen and oxygen atoms in total. The zero-order valence-corrected chi connectivity index (χ0v) is 11.6. The Morgan fingerprint density at radius 2 is 2.15 bits per heavy atom. The molecule has 1 fully saturated rings. The lowest BCUT2D eigenvalue weighted by molar-refractivity contribution is -0.0227. The molecule has 0 aliphatic carbocycles. The number of thiazole rings is 1. The van der Waals surface area contributed by atoms with Gasteiger partial charge < -0.3 is 24.8 Å². The Morgan fingerprint density at radius 3 is 2.80 bits per heavy atom. The third-order valence-corrected chi connectivity index (χ3v) is 4.49. The normalized spacial score (nSPS) is 30.0. The van der Waals surface area contributed by atoms with E-state index in [0.29, 0.717) is 16.3 Å². The number of ether oxygens (including phenoxy) is 2. The Labute approximate surface area is 119 Å². The fraction of sp³-hybridized carbons (Fsp3) is 0.462. The van der Waals surface area contributed by atoms with Crippen LogP contribution in [0.15, 0.2) is 18.2 Å². The summed E-state index contributed by atoms with van der Waals surface area (Å²) in [5, 5.41) is 29.5. The summed E-state index contributed by atoms with van der Waals surface area (Å²) < 4.78 is 11.6. The van der Waals surface area contributed by atoms with Gasteiger partial charge in [0.1, 0.15) is 40.7 Å². The van der Waals surface area contributed by atoms with E-state index in [2.05, 4.69) is 4.98 Å². The Kier molecular flexibility index (Phi) is 3.61. The largest absolute Gasteiger partial charge is 0.494 e. The topological polar surface area (TPSA) is 92.0 Å². The summed E-state index contributed by atoms with van der Waals surface area (Å²) in [6, 6.07) is 5.57. The highest BCUT2D eigenvalue weighted by Crippen LogP contribution is 2.39. The monoisotopic (exact) mass is 297 g/mol. The van der Waals surface area contributed by atoms with Crippen molar-refractivity contribution < 1.29 is 24.8 Å². The van der Waals surface area contributed by atoms with E-state index in [0.717, 1.165) is 4.70 Å². The number of aliphatic hydroxyl groups excluding tert-OH is 3. The molecule has 0 amide bonds. The van der Waals surface area contributed by atoms with Crippen molar-refractivity contribution in [3.63, 3.8) is 0 Å². The Bertz CT molecular complexity index is 616. The van der Waals surface area contributed by atoms with Crippen molar-refractivity contribution in [2.24, 2.45) is 0 Å². The van der Waals surface area contributed by atoms with Gasteiger partial charge in [0.25, 0.3) is 0 Å². The summed E-state index contributed by atoms with van der Waals surface area (Å²) in [5.74, 6) is 0.650. The molecule has 7 heteroatoms. The van der Waals surface area contributed by atoms with Crippen molar-refractivity contribution >= 4 is 21.6 Å². The van der Waals surface area contributed by atoms with Crippen molar-refractivity contribution in [3.8, 4) is 5.75 Å². The molecule has 1 aliphatic heterocycles. The fourth-order valence-electron chi connectivity index (χ4n) is 2.33. The first-order chi connectivity index (χ1) is 9.65. The number of para-hydroxylation sites is 1. The van der Waals surface area contributed by atoms with Gasteiger partial charge in [-0.15, -0.1) is 11.3 Å². The van der Waals surface area contributed by atoms with Crippen molar-refractivity contribution in [1.29, 1.82) is 0 Å². The van der Waals surface area contributed by atoms with Crippen molar-refractivity contribution in [3.05, 3.63) is 23.2 Å². The van der Waals surface area contributed by atoms with Gasteiger partial charge >= 0.3 is 0 Å². The summed E-state index contributed by atoms with van der Waals surface area (Å²) in [6.45, 7) is -0.344. The van der Waals surface area contributed by atoms with Crippen molar-refractivity contribution in [2.45, 2.75) is 24.4 Å². The van der Waals surface area contributed by atoms with Gasteiger partial charge in [-0.3, -0.25) is 0 Å². The van der Waals surface area contributed by atoms with E-state index in [1.807, 2.05) is 18.2 Å². The van der Waals surface area contributed by atoms with Crippen LogP contribution >= 0.6 is 11.3 Å². The van der Waals surface area contributed by atoms with Crippen LogP contribution in [0.2, 0.25) is 0 Å². The quantitative estimate of drug-likeness (QED) is 0.762. The van der Waals surface area contributed by atoms with Gasteiger partial charge in [0.2, 0.25) is 0 Å². The number of aliphatic hydroxyl groups is 3. The first-order valence-corrected chi connectivity index (χ1v) is 7.03. The Morgan fingerprint density at radius 1 is 1.35 bits per heavy atom. The second-order valence-electron chi connectivity index (χ2n) is 4.62. The number of benzene rings is 1. The molecule has 2 heterocycles. The molecular formula is C13H15NO5S. The lowest BCUT2D eigenvalue weighted by Crippen LogP contribution is -2.32. The van der Waals surface area contributed by atoms with Gasteiger partial charge in [0, 0.05) is 0 Å². The molecular weight excluding hydrogens is 282 g/mol. The summed E-state index contributed by atoms with van der Waals surface area (Å²) in [4.78, 5) is 4.43. The summed E-state index contributed by atoms with van der Waals surface area (Å²) in [5.41, 5.74) is 0.702. The molecule has 3 rings (SSSR count). The average Bonchev–Trinajstić information content (AvgIpc) is 3.01. The number of nitrogens with zero attached hydrogens (tertiary/aromatic N) is 1. The highest BCUT2D eigenvalue weighted by molar-refractivity contribution is 7.18. The van der Waals surface area contributed by atoms with Gasteiger partial charge in [0.15, 0.2) is 0 Å². The van der Waals surface area contributed by atoms with Crippen LogP contribution in [0.25, 0.3) is 10.2 Å². The number of methoxy groups -OCH3 is 1. The molecule has 1 saturated heterocycles. The molecule has 1 aromatic heterocycles. The van der Waals surface area contributed by atoms with Crippen LogP contribution in [0.4, 0.5) is 0 Å². The average molecular weight is 297 g/mol. The minimum Gasteiger partial charge on any atom is -0.494 e. The molecule has 1 aliphatic rings. The van der Waals surface area contributed by atoms with E-state index in [9.17, 15) is 10.2 Å². The van der Waals surface area contributed by atoms with Gasteiger partial charge in [-0.2, -0.15) is 0 Å². The van der Waals surface area contributed by atoms with Crippen LogP contribution < -0.4 is 4.74 Å². The van der Waals surface area contributed by atoms with Gasteiger partial charge in [-0.25, -0.2) is 4.98 Å². The predicted octanol–water partition coefficient (Wildman–Crippen LogP) is 0.459. The first-order valence-electron chi connectivity index (χ1n) is 6.21. The molecule has 0 saturated carbocycles. The van der Waals surface area contributed by atoms with E-state index in [-0.39, 0.29) is 6.61 Å². The smallest absolute Gasteiger partial charge is 0.145 e. The Balaban J connectivity index is 1.99. The molecule has 4 atom stereocenters. The minimum absolute atomic E-state index is 0.344. The number of fused-ring (bicyclic) bond motifs is 1. The maximum absolute atomic E-state index is 10.0. The standard InChI is InChI=1S/C13H15NO5S/c1-18-6-3-2-4-8-9(6)14-13(20-8)12-11(17)10(16)7(5-15)19-12/h2-4,7,10-12,15-17H,5H2,1H3/t7-,10-,11-,12-/m1/s1. The molecule has 0 spiro atoms. The SMILES string of the molecule is COc1cccc2sc([C@@H]3O[C@H](CO)[C@@H](O)[C@H]3O)nc12. The zero-order valence-electron chi connectivity index (χ0n) is 10.8. The predicted molar refractivity (Wildman–Crippen MR) is 72.9 cm³/mol. The number of hydrogen-bond donors (Lipinski definition) is 3. The minimum atomic E-state index is -1.11. The first kappa shape index (κ1) is 13.7. The summed E-state index contributed by atoms with van der Waals surface area (Å²) in [7, 11) is 1.57. The second-order valence-corrected chi connectivity index (χ2v) is 5.68.